The first-order valence-electron chi connectivity index (χ1n) is 6.64. The highest BCUT2D eigenvalue weighted by atomic mass is 79.9. The molecule has 1 aliphatic rings. The van der Waals surface area contributed by atoms with E-state index in [1.54, 1.807) is 0 Å². The van der Waals surface area contributed by atoms with E-state index in [0.29, 0.717) is 26.1 Å². The predicted octanol–water partition coefficient (Wildman–Crippen LogP) is 3.17. The van der Waals surface area contributed by atoms with E-state index in [2.05, 4.69) is 20.7 Å². The van der Waals surface area contributed by atoms with Crippen LogP contribution in [-0.4, -0.2) is 28.2 Å². The van der Waals surface area contributed by atoms with Gasteiger partial charge in [-0.1, -0.05) is 15.9 Å². The Morgan fingerprint density at radius 1 is 1.27 bits per heavy atom. The van der Waals surface area contributed by atoms with Gasteiger partial charge in [0.2, 0.25) is 10.0 Å². The summed E-state index contributed by atoms with van der Waals surface area (Å²) in [6.45, 7) is 1.19. The highest BCUT2D eigenvalue weighted by Gasteiger charge is 2.37. The SMILES string of the molecule is O=S(=O)(NCC1CCOCC1)c1ccc(Br)cc1C(F)(F)F. The molecule has 0 spiro atoms. The Balaban J connectivity index is 2.21. The average Bonchev–Trinajstić information content (AvgIpc) is 2.45. The number of nitrogens with one attached hydrogen (secondary N) is 1. The van der Waals surface area contributed by atoms with Crippen molar-refractivity contribution in [3.63, 3.8) is 0 Å². The molecule has 1 fully saturated rings. The number of sulfonamides is 1. The molecule has 0 unspecified atom stereocenters. The second kappa shape index (κ2) is 6.86. The summed E-state index contributed by atoms with van der Waals surface area (Å²) in [5.41, 5.74) is -1.18. The van der Waals surface area contributed by atoms with Crippen LogP contribution in [0.25, 0.3) is 0 Å². The molecule has 0 atom stereocenters. The Kier molecular flexibility index (Phi) is 5.52. The Bertz CT molecular complexity index is 628. The van der Waals surface area contributed by atoms with Gasteiger partial charge in [-0.2, -0.15) is 13.2 Å². The van der Waals surface area contributed by atoms with Crippen LogP contribution in [0.5, 0.6) is 0 Å². The molecule has 0 saturated carbocycles. The van der Waals surface area contributed by atoms with Gasteiger partial charge < -0.3 is 4.74 Å². The molecule has 1 saturated heterocycles. The maximum atomic E-state index is 13.0. The van der Waals surface area contributed by atoms with Gasteiger partial charge in [-0.05, 0) is 37.0 Å². The van der Waals surface area contributed by atoms with Crippen molar-refractivity contribution in [2.24, 2.45) is 5.92 Å². The molecule has 0 radical (unpaired) electrons. The fourth-order valence-electron chi connectivity index (χ4n) is 2.21. The molecular weight excluding hydrogens is 387 g/mol. The number of alkyl halides is 3. The van der Waals surface area contributed by atoms with E-state index in [0.717, 1.165) is 12.1 Å². The molecule has 1 aromatic rings. The van der Waals surface area contributed by atoms with E-state index >= 15 is 0 Å². The molecule has 1 N–H and O–H groups in total. The molecule has 2 rings (SSSR count). The lowest BCUT2D eigenvalue weighted by Crippen LogP contribution is -2.33. The Morgan fingerprint density at radius 2 is 1.91 bits per heavy atom. The van der Waals surface area contributed by atoms with Crippen molar-refractivity contribution < 1.29 is 26.3 Å². The third-order valence-corrected chi connectivity index (χ3v) is 5.41. The molecule has 1 heterocycles. The van der Waals surface area contributed by atoms with Gasteiger partial charge in [0.15, 0.2) is 0 Å². The lowest BCUT2D eigenvalue weighted by molar-refractivity contribution is -0.139. The topological polar surface area (TPSA) is 55.4 Å². The van der Waals surface area contributed by atoms with Gasteiger partial charge in [-0.3, -0.25) is 0 Å². The second-order valence-electron chi connectivity index (χ2n) is 5.05. The van der Waals surface area contributed by atoms with E-state index in [1.165, 1.54) is 6.07 Å². The Morgan fingerprint density at radius 3 is 2.50 bits per heavy atom. The largest absolute Gasteiger partial charge is 0.417 e. The van der Waals surface area contributed by atoms with E-state index in [-0.39, 0.29) is 16.9 Å². The van der Waals surface area contributed by atoms with Gasteiger partial charge in [-0.15, -0.1) is 0 Å². The fraction of sp³-hybridized carbons (Fsp3) is 0.538. The van der Waals surface area contributed by atoms with Crippen LogP contribution in [0.3, 0.4) is 0 Å². The van der Waals surface area contributed by atoms with Gasteiger partial charge >= 0.3 is 6.18 Å². The van der Waals surface area contributed by atoms with Gasteiger partial charge in [0.05, 0.1) is 10.5 Å². The van der Waals surface area contributed by atoms with Gasteiger partial charge in [0.1, 0.15) is 0 Å². The van der Waals surface area contributed by atoms with Crippen LogP contribution in [0.1, 0.15) is 18.4 Å². The van der Waals surface area contributed by atoms with E-state index in [9.17, 15) is 21.6 Å². The van der Waals surface area contributed by atoms with Crippen LogP contribution in [0, 0.1) is 5.92 Å². The summed E-state index contributed by atoms with van der Waals surface area (Å²) in [5.74, 6) is 0.0771. The summed E-state index contributed by atoms with van der Waals surface area (Å²) in [6.07, 6.45) is -3.36. The third kappa shape index (κ3) is 4.43. The van der Waals surface area contributed by atoms with Crippen molar-refractivity contribution in [2.75, 3.05) is 19.8 Å². The molecule has 0 amide bonds. The minimum absolute atomic E-state index is 0.0771. The zero-order valence-corrected chi connectivity index (χ0v) is 13.9. The number of benzene rings is 1. The highest BCUT2D eigenvalue weighted by molar-refractivity contribution is 9.10. The van der Waals surface area contributed by atoms with Crippen molar-refractivity contribution in [1.82, 2.24) is 4.72 Å². The average molecular weight is 402 g/mol. The highest BCUT2D eigenvalue weighted by Crippen LogP contribution is 2.35. The molecule has 22 heavy (non-hydrogen) atoms. The molecule has 0 aromatic heterocycles. The van der Waals surface area contributed by atoms with Crippen molar-refractivity contribution in [3.8, 4) is 0 Å². The summed E-state index contributed by atoms with van der Waals surface area (Å²) in [4.78, 5) is -0.754. The van der Waals surface area contributed by atoms with Crippen molar-refractivity contribution in [2.45, 2.75) is 23.9 Å². The fourth-order valence-corrected chi connectivity index (χ4v) is 3.90. The van der Waals surface area contributed by atoms with E-state index < -0.39 is 26.7 Å². The molecule has 9 heteroatoms. The third-order valence-electron chi connectivity index (χ3n) is 3.44. The summed E-state index contributed by atoms with van der Waals surface area (Å²) < 4.78 is 71.1. The lowest BCUT2D eigenvalue weighted by atomic mass is 10.0. The summed E-state index contributed by atoms with van der Waals surface area (Å²) in [5, 5.41) is 0. The first-order valence-corrected chi connectivity index (χ1v) is 8.92. The maximum absolute atomic E-state index is 13.0. The Hall–Kier alpha value is -0.640. The van der Waals surface area contributed by atoms with Crippen LogP contribution >= 0.6 is 15.9 Å². The molecule has 1 aliphatic heterocycles. The van der Waals surface area contributed by atoms with Crippen molar-refractivity contribution in [1.29, 1.82) is 0 Å². The molecule has 124 valence electrons. The minimum atomic E-state index is -4.74. The minimum Gasteiger partial charge on any atom is -0.381 e. The van der Waals surface area contributed by atoms with E-state index in [1.807, 2.05) is 0 Å². The monoisotopic (exact) mass is 401 g/mol. The number of hydrogen-bond acceptors (Lipinski definition) is 3. The maximum Gasteiger partial charge on any atom is 0.417 e. The quantitative estimate of drug-likeness (QED) is 0.842. The number of halogens is 4. The number of rotatable bonds is 4. The molecule has 1 aromatic carbocycles. The first kappa shape index (κ1) is 17.7. The second-order valence-corrected chi connectivity index (χ2v) is 7.70. The molecule has 4 nitrogen and oxygen atoms in total. The number of ether oxygens (including phenoxy) is 1. The zero-order chi connectivity index (χ0) is 16.4. The van der Waals surface area contributed by atoms with Crippen molar-refractivity contribution >= 4 is 26.0 Å². The molecular formula is C13H15BrF3NO3S. The molecule has 0 bridgehead atoms. The zero-order valence-electron chi connectivity index (χ0n) is 11.5. The van der Waals surface area contributed by atoms with Gasteiger partial charge in [0.25, 0.3) is 0 Å². The number of hydrogen-bond donors (Lipinski definition) is 1. The van der Waals surface area contributed by atoms with Crippen LogP contribution in [0.15, 0.2) is 27.6 Å². The van der Waals surface area contributed by atoms with Crippen LogP contribution in [0.4, 0.5) is 13.2 Å². The van der Waals surface area contributed by atoms with Crippen molar-refractivity contribution in [3.05, 3.63) is 28.2 Å². The first-order chi connectivity index (χ1) is 10.2. The molecule has 0 aliphatic carbocycles. The summed E-state index contributed by atoms with van der Waals surface area (Å²) in [6, 6.07) is 3.00. The normalized spacial score (nSPS) is 17.6. The van der Waals surface area contributed by atoms with Gasteiger partial charge in [-0.25, -0.2) is 13.1 Å². The van der Waals surface area contributed by atoms with E-state index in [4.69, 9.17) is 4.74 Å². The standard InChI is InChI=1S/C13H15BrF3NO3S/c14-10-1-2-12(11(7-10)13(15,16)17)22(19,20)18-8-9-3-5-21-6-4-9/h1-2,7,9,18H,3-6,8H2. The summed E-state index contributed by atoms with van der Waals surface area (Å²) in [7, 11) is -4.22. The lowest BCUT2D eigenvalue weighted by Gasteiger charge is -2.22. The smallest absolute Gasteiger partial charge is 0.381 e. The summed E-state index contributed by atoms with van der Waals surface area (Å²) >= 11 is 2.93. The Labute approximate surface area is 135 Å². The van der Waals surface area contributed by atoms with Crippen LogP contribution < -0.4 is 4.72 Å². The van der Waals surface area contributed by atoms with Crippen LogP contribution in [0.2, 0.25) is 0 Å². The van der Waals surface area contributed by atoms with Crippen LogP contribution in [-0.2, 0) is 20.9 Å². The predicted molar refractivity (Wildman–Crippen MR) is 77.9 cm³/mol. The van der Waals surface area contributed by atoms with Gasteiger partial charge in [0, 0.05) is 24.2 Å².